The molecule has 2 aromatic carbocycles. The number of hydrogen-bond donors (Lipinski definition) is 1. The number of alkyl halides is 1. The number of halogens is 3. The molecular weight excluding hydrogens is 516 g/mol. The molecule has 2 aromatic heterocycles. The molecule has 8 nitrogen and oxygen atoms in total. The molecular formula is C27H28ClF2N5O3. The van der Waals surface area contributed by atoms with Gasteiger partial charge in [0.15, 0.2) is 12.2 Å². The van der Waals surface area contributed by atoms with Crippen LogP contribution in [0.5, 0.6) is 5.75 Å². The second kappa shape index (κ2) is 11.8. The fourth-order valence-corrected chi connectivity index (χ4v) is 4.49. The molecule has 4 aromatic rings. The number of ether oxygens (including phenoxy) is 2. The molecule has 0 aliphatic carbocycles. The molecule has 1 amide bonds. The summed E-state index contributed by atoms with van der Waals surface area (Å²) in [6.45, 7) is 6.91. The van der Waals surface area contributed by atoms with Gasteiger partial charge in [-0.05, 0) is 57.5 Å². The van der Waals surface area contributed by atoms with Crippen molar-refractivity contribution in [3.05, 3.63) is 70.4 Å². The van der Waals surface area contributed by atoms with Crippen LogP contribution in [0.2, 0.25) is 5.02 Å². The molecule has 0 saturated carbocycles. The van der Waals surface area contributed by atoms with E-state index in [1.807, 2.05) is 32.0 Å². The second-order valence-corrected chi connectivity index (χ2v) is 9.16. The predicted molar refractivity (Wildman–Crippen MR) is 140 cm³/mol. The second-order valence-electron chi connectivity index (χ2n) is 8.75. The fraction of sp³-hybridized carbons (Fsp3) is 0.333. The molecule has 1 N–H and O–H groups in total. The van der Waals surface area contributed by atoms with Crippen molar-refractivity contribution >= 4 is 28.4 Å². The molecule has 2 heterocycles. The van der Waals surface area contributed by atoms with Crippen molar-refractivity contribution in [3.63, 3.8) is 0 Å². The SMILES string of the molecule is CCn1ncnc1-c1cc(C)nc2c(OCc3c(Cl)cc(F)cc3[C@H](C)NC(=O)COC(C)F)cccc12. The van der Waals surface area contributed by atoms with Crippen LogP contribution in [-0.2, 0) is 22.7 Å². The molecule has 0 radical (unpaired) electrons. The number of nitrogens with zero attached hydrogens (tertiary/aromatic N) is 4. The lowest BCUT2D eigenvalue weighted by atomic mass is 10.0. The molecule has 0 saturated heterocycles. The van der Waals surface area contributed by atoms with Gasteiger partial charge in [-0.15, -0.1) is 0 Å². The number of benzene rings is 2. The third kappa shape index (κ3) is 6.08. The monoisotopic (exact) mass is 543 g/mol. The van der Waals surface area contributed by atoms with Crippen molar-refractivity contribution in [1.29, 1.82) is 0 Å². The largest absolute Gasteiger partial charge is 0.487 e. The van der Waals surface area contributed by atoms with E-state index in [1.54, 1.807) is 17.7 Å². The first-order valence-electron chi connectivity index (χ1n) is 12.1. The summed E-state index contributed by atoms with van der Waals surface area (Å²) in [6, 6.07) is 9.37. The standard InChI is InChI=1S/C27H28ClF2N5O3/c1-5-35-27(31-14-32-35)21-9-15(2)33-26-19(21)7-6-8-24(26)38-12-22-20(10-18(30)11-23(22)28)16(3)34-25(36)13-37-17(4)29/h6-11,14,16-17H,5,12-13H2,1-4H3,(H,34,36)/t16-,17?/m0/s1. The number of aromatic nitrogens is 4. The van der Waals surface area contributed by atoms with E-state index in [0.29, 0.717) is 28.9 Å². The molecule has 0 aliphatic rings. The predicted octanol–water partition coefficient (Wildman–Crippen LogP) is 5.70. The van der Waals surface area contributed by atoms with Gasteiger partial charge in [-0.2, -0.15) is 5.10 Å². The summed E-state index contributed by atoms with van der Waals surface area (Å²) in [5.74, 6) is 0.120. The number of aryl methyl sites for hydroxylation is 2. The van der Waals surface area contributed by atoms with Crippen LogP contribution in [0.15, 0.2) is 42.7 Å². The molecule has 200 valence electrons. The van der Waals surface area contributed by atoms with Crippen molar-refractivity contribution in [2.45, 2.75) is 53.2 Å². The zero-order chi connectivity index (χ0) is 27.4. The molecule has 0 spiro atoms. The summed E-state index contributed by atoms with van der Waals surface area (Å²) in [5.41, 5.74) is 3.20. The number of amides is 1. The summed E-state index contributed by atoms with van der Waals surface area (Å²) in [5, 5.41) is 7.94. The van der Waals surface area contributed by atoms with Crippen LogP contribution < -0.4 is 10.1 Å². The summed E-state index contributed by atoms with van der Waals surface area (Å²) in [4.78, 5) is 21.3. The summed E-state index contributed by atoms with van der Waals surface area (Å²) < 4.78 is 39.9. The van der Waals surface area contributed by atoms with Crippen LogP contribution in [0, 0.1) is 12.7 Å². The quantitative estimate of drug-likeness (QED) is 0.276. The highest BCUT2D eigenvalue weighted by molar-refractivity contribution is 6.31. The number of nitrogens with one attached hydrogen (secondary N) is 1. The van der Waals surface area contributed by atoms with E-state index in [2.05, 4.69) is 15.4 Å². The van der Waals surface area contributed by atoms with Gasteiger partial charge >= 0.3 is 0 Å². The van der Waals surface area contributed by atoms with Crippen molar-refractivity contribution < 1.29 is 23.0 Å². The molecule has 0 fully saturated rings. The van der Waals surface area contributed by atoms with E-state index < -0.39 is 30.7 Å². The zero-order valence-corrected chi connectivity index (χ0v) is 22.2. The zero-order valence-electron chi connectivity index (χ0n) is 21.5. The van der Waals surface area contributed by atoms with Gasteiger partial charge in [0.1, 0.15) is 36.6 Å². The number of rotatable bonds is 10. The number of hydrogen-bond acceptors (Lipinski definition) is 6. The topological polar surface area (TPSA) is 91.2 Å². The van der Waals surface area contributed by atoms with Gasteiger partial charge in [0.25, 0.3) is 0 Å². The van der Waals surface area contributed by atoms with Crippen LogP contribution >= 0.6 is 11.6 Å². The van der Waals surface area contributed by atoms with Crippen LogP contribution in [0.25, 0.3) is 22.3 Å². The molecule has 1 unspecified atom stereocenters. The average Bonchev–Trinajstić information content (AvgIpc) is 3.35. The van der Waals surface area contributed by atoms with E-state index in [9.17, 15) is 13.6 Å². The van der Waals surface area contributed by atoms with Crippen LogP contribution in [0.1, 0.15) is 43.6 Å². The summed E-state index contributed by atoms with van der Waals surface area (Å²) in [6.07, 6.45) is -0.0660. The number of fused-ring (bicyclic) bond motifs is 1. The Morgan fingerprint density at radius 3 is 2.76 bits per heavy atom. The maximum Gasteiger partial charge on any atom is 0.246 e. The minimum atomic E-state index is -1.58. The van der Waals surface area contributed by atoms with Crippen molar-refractivity contribution in [2.75, 3.05) is 6.61 Å². The van der Waals surface area contributed by atoms with Crippen molar-refractivity contribution in [2.24, 2.45) is 0 Å². The minimum absolute atomic E-state index is 0.0120. The number of pyridine rings is 1. The van der Waals surface area contributed by atoms with E-state index >= 15 is 0 Å². The van der Waals surface area contributed by atoms with Crippen LogP contribution in [-0.4, -0.2) is 38.6 Å². The van der Waals surface area contributed by atoms with Crippen molar-refractivity contribution in [3.8, 4) is 17.1 Å². The van der Waals surface area contributed by atoms with Gasteiger partial charge in [0, 0.05) is 28.8 Å². The Morgan fingerprint density at radius 2 is 2.03 bits per heavy atom. The van der Waals surface area contributed by atoms with E-state index in [4.69, 9.17) is 26.1 Å². The van der Waals surface area contributed by atoms with E-state index in [-0.39, 0.29) is 11.6 Å². The van der Waals surface area contributed by atoms with E-state index in [1.165, 1.54) is 25.4 Å². The molecule has 11 heteroatoms. The molecule has 0 aliphatic heterocycles. The highest BCUT2D eigenvalue weighted by Crippen LogP contribution is 2.34. The lowest BCUT2D eigenvalue weighted by Gasteiger charge is -2.20. The summed E-state index contributed by atoms with van der Waals surface area (Å²) in [7, 11) is 0. The van der Waals surface area contributed by atoms with Gasteiger partial charge in [0.05, 0.1) is 11.1 Å². The van der Waals surface area contributed by atoms with Gasteiger partial charge in [0.2, 0.25) is 5.91 Å². The number of carbonyl (C=O) groups excluding carboxylic acids is 1. The van der Waals surface area contributed by atoms with Crippen LogP contribution in [0.3, 0.4) is 0 Å². The first-order valence-corrected chi connectivity index (χ1v) is 12.5. The van der Waals surface area contributed by atoms with E-state index in [0.717, 1.165) is 22.5 Å². The molecule has 38 heavy (non-hydrogen) atoms. The summed E-state index contributed by atoms with van der Waals surface area (Å²) >= 11 is 6.41. The molecule has 2 atom stereocenters. The Morgan fingerprint density at radius 1 is 1.24 bits per heavy atom. The first kappa shape index (κ1) is 27.4. The number of para-hydroxylation sites is 1. The Bertz CT molecular complexity index is 1460. The van der Waals surface area contributed by atoms with Gasteiger partial charge in [-0.25, -0.2) is 23.4 Å². The highest BCUT2D eigenvalue weighted by atomic mass is 35.5. The number of carbonyl (C=O) groups is 1. The van der Waals surface area contributed by atoms with Crippen LogP contribution in [0.4, 0.5) is 8.78 Å². The lowest BCUT2D eigenvalue weighted by molar-refractivity contribution is -0.132. The Kier molecular flexibility index (Phi) is 8.53. The highest BCUT2D eigenvalue weighted by Gasteiger charge is 2.20. The third-order valence-electron chi connectivity index (χ3n) is 5.94. The van der Waals surface area contributed by atoms with Gasteiger partial charge in [-0.1, -0.05) is 23.7 Å². The maximum absolute atomic E-state index is 14.3. The first-order chi connectivity index (χ1) is 18.2. The van der Waals surface area contributed by atoms with Gasteiger partial charge < -0.3 is 14.8 Å². The molecule has 0 bridgehead atoms. The lowest BCUT2D eigenvalue weighted by Crippen LogP contribution is -2.31. The maximum atomic E-state index is 14.3. The normalized spacial score (nSPS) is 12.9. The minimum Gasteiger partial charge on any atom is -0.487 e. The Labute approximate surface area is 223 Å². The van der Waals surface area contributed by atoms with Crippen molar-refractivity contribution in [1.82, 2.24) is 25.1 Å². The molecule has 4 rings (SSSR count). The smallest absolute Gasteiger partial charge is 0.246 e. The Hall–Kier alpha value is -3.63. The third-order valence-corrected chi connectivity index (χ3v) is 6.28. The van der Waals surface area contributed by atoms with Gasteiger partial charge in [-0.3, -0.25) is 4.79 Å². The Balaban J connectivity index is 1.65. The average molecular weight is 544 g/mol. The fourth-order valence-electron chi connectivity index (χ4n) is 4.22.